The number of fused-ring (bicyclic) bond motifs is 2. The molecule has 1 aliphatic heterocycles. The molecule has 0 N–H and O–H groups in total. The van der Waals surface area contributed by atoms with E-state index < -0.39 is 0 Å². The van der Waals surface area contributed by atoms with Crippen LogP contribution >= 0.6 is 0 Å². The fraction of sp³-hybridized carbons (Fsp3) is 0.382. The molecule has 4 aromatic rings. The van der Waals surface area contributed by atoms with Gasteiger partial charge in [-0.1, -0.05) is 29.3 Å². The highest BCUT2D eigenvalue weighted by molar-refractivity contribution is 5.94. The van der Waals surface area contributed by atoms with Gasteiger partial charge in [0.1, 0.15) is 17.0 Å². The first kappa shape index (κ1) is 28.6. The van der Waals surface area contributed by atoms with Gasteiger partial charge in [-0.3, -0.25) is 18.8 Å². The Bertz CT molecular complexity index is 1770. The fourth-order valence-electron chi connectivity index (χ4n) is 6.16. The molecular weight excluding hydrogens is 540 g/mol. The molecule has 1 aromatic carbocycles. The van der Waals surface area contributed by atoms with Crippen LogP contribution in [0.3, 0.4) is 0 Å². The van der Waals surface area contributed by atoms with E-state index in [0.717, 1.165) is 47.1 Å². The van der Waals surface area contributed by atoms with Gasteiger partial charge in [-0.25, -0.2) is 9.97 Å². The standard InChI is InChI=1S/C34H38N6O3/c1-24-11-12-30-27(20-24)21-28(32(36-30)38-18-16-37(17-19-38)25(2)41)23-39(15-13-26-8-4-3-5-9-26)33(42)29-22-35-31-10-6-7-14-40(31)34(29)43/h6-8,10-12,14,20-22H,3-5,9,13,15-19,23H2,1-2H3. The highest BCUT2D eigenvalue weighted by Crippen LogP contribution is 2.28. The number of anilines is 1. The predicted octanol–water partition coefficient (Wildman–Crippen LogP) is 4.75. The Labute approximate surface area is 251 Å². The lowest BCUT2D eigenvalue weighted by Gasteiger charge is -2.36. The van der Waals surface area contributed by atoms with Crippen molar-refractivity contribution >= 4 is 34.2 Å². The van der Waals surface area contributed by atoms with Crippen LogP contribution in [0.5, 0.6) is 0 Å². The molecule has 1 saturated heterocycles. The number of aryl methyl sites for hydroxylation is 1. The predicted molar refractivity (Wildman–Crippen MR) is 168 cm³/mol. The van der Waals surface area contributed by atoms with E-state index in [4.69, 9.17) is 4.98 Å². The molecule has 2 amide bonds. The molecule has 0 saturated carbocycles. The molecule has 9 heteroatoms. The zero-order valence-electron chi connectivity index (χ0n) is 25.0. The number of rotatable bonds is 7. The molecule has 222 valence electrons. The van der Waals surface area contributed by atoms with Gasteiger partial charge < -0.3 is 14.7 Å². The monoisotopic (exact) mass is 578 g/mol. The molecule has 6 rings (SSSR count). The molecular formula is C34H38N6O3. The minimum atomic E-state index is -0.370. The van der Waals surface area contributed by atoms with Crippen LogP contribution in [0.2, 0.25) is 0 Å². The van der Waals surface area contributed by atoms with Gasteiger partial charge in [-0.15, -0.1) is 0 Å². The van der Waals surface area contributed by atoms with Crippen LogP contribution in [0.1, 0.15) is 60.5 Å². The van der Waals surface area contributed by atoms with Crippen molar-refractivity contribution in [3.63, 3.8) is 0 Å². The second kappa shape index (κ2) is 12.4. The summed E-state index contributed by atoms with van der Waals surface area (Å²) in [6.45, 7) is 7.03. The Kier molecular flexibility index (Phi) is 8.22. The van der Waals surface area contributed by atoms with Crippen molar-refractivity contribution in [1.82, 2.24) is 24.2 Å². The third-order valence-electron chi connectivity index (χ3n) is 8.63. The summed E-state index contributed by atoms with van der Waals surface area (Å²) < 4.78 is 1.43. The van der Waals surface area contributed by atoms with Crippen LogP contribution in [0.15, 0.2) is 71.3 Å². The van der Waals surface area contributed by atoms with Gasteiger partial charge >= 0.3 is 0 Å². The smallest absolute Gasteiger partial charge is 0.270 e. The third kappa shape index (κ3) is 6.16. The number of hydrogen-bond acceptors (Lipinski definition) is 6. The third-order valence-corrected chi connectivity index (χ3v) is 8.63. The number of amides is 2. The van der Waals surface area contributed by atoms with E-state index in [0.29, 0.717) is 44.9 Å². The molecule has 0 radical (unpaired) electrons. The van der Waals surface area contributed by atoms with Gasteiger partial charge in [-0.05, 0) is 69.4 Å². The van der Waals surface area contributed by atoms with Gasteiger partial charge in [0.05, 0.1) is 5.52 Å². The molecule has 2 aliphatic rings. The van der Waals surface area contributed by atoms with Crippen LogP contribution in [-0.2, 0) is 11.3 Å². The normalized spacial score (nSPS) is 15.5. The molecule has 9 nitrogen and oxygen atoms in total. The van der Waals surface area contributed by atoms with Crippen LogP contribution in [0.25, 0.3) is 16.6 Å². The molecule has 0 bridgehead atoms. The quantitative estimate of drug-likeness (QED) is 0.294. The van der Waals surface area contributed by atoms with E-state index in [1.54, 1.807) is 30.2 Å². The molecule has 0 unspecified atom stereocenters. The molecule has 0 atom stereocenters. The highest BCUT2D eigenvalue weighted by atomic mass is 16.2. The van der Waals surface area contributed by atoms with E-state index in [2.05, 4.69) is 41.1 Å². The Morgan fingerprint density at radius 2 is 1.86 bits per heavy atom. The second-order valence-electron chi connectivity index (χ2n) is 11.7. The Balaban J connectivity index is 1.38. The van der Waals surface area contributed by atoms with Crippen molar-refractivity contribution in [2.24, 2.45) is 0 Å². The lowest BCUT2D eigenvalue weighted by atomic mass is 9.97. The van der Waals surface area contributed by atoms with Crippen molar-refractivity contribution in [3.8, 4) is 0 Å². The van der Waals surface area contributed by atoms with E-state index >= 15 is 0 Å². The van der Waals surface area contributed by atoms with Crippen LogP contribution in [0.4, 0.5) is 5.82 Å². The summed E-state index contributed by atoms with van der Waals surface area (Å²) >= 11 is 0. The van der Waals surface area contributed by atoms with Gasteiger partial charge in [0.25, 0.3) is 11.5 Å². The Morgan fingerprint density at radius 3 is 2.63 bits per heavy atom. The number of hydrogen-bond donors (Lipinski definition) is 0. The largest absolute Gasteiger partial charge is 0.353 e. The fourth-order valence-corrected chi connectivity index (χ4v) is 6.16. The van der Waals surface area contributed by atoms with Crippen LogP contribution in [-0.4, -0.2) is 68.7 Å². The van der Waals surface area contributed by atoms with E-state index in [9.17, 15) is 14.4 Å². The van der Waals surface area contributed by atoms with Crippen molar-refractivity contribution in [1.29, 1.82) is 0 Å². The summed E-state index contributed by atoms with van der Waals surface area (Å²) in [7, 11) is 0. The van der Waals surface area contributed by atoms with Crippen molar-refractivity contribution in [3.05, 3.63) is 93.6 Å². The average molecular weight is 579 g/mol. The molecule has 1 aliphatic carbocycles. The minimum absolute atomic E-state index is 0.0579. The summed E-state index contributed by atoms with van der Waals surface area (Å²) in [5.41, 5.74) is 4.51. The van der Waals surface area contributed by atoms with Crippen molar-refractivity contribution in [2.75, 3.05) is 37.6 Å². The number of carbonyl (C=O) groups excluding carboxylic acids is 2. The summed E-state index contributed by atoms with van der Waals surface area (Å²) in [4.78, 5) is 55.0. The van der Waals surface area contributed by atoms with Gasteiger partial charge in [0.15, 0.2) is 0 Å². The molecule has 1 fully saturated rings. The summed E-state index contributed by atoms with van der Waals surface area (Å²) in [6.07, 6.45) is 10.6. The van der Waals surface area contributed by atoms with Gasteiger partial charge in [0.2, 0.25) is 5.91 Å². The van der Waals surface area contributed by atoms with Crippen molar-refractivity contribution in [2.45, 2.75) is 52.5 Å². The maximum Gasteiger partial charge on any atom is 0.270 e. The number of benzene rings is 1. The summed E-state index contributed by atoms with van der Waals surface area (Å²) in [5, 5.41) is 1.01. The van der Waals surface area contributed by atoms with Gasteiger partial charge in [-0.2, -0.15) is 0 Å². The highest BCUT2D eigenvalue weighted by Gasteiger charge is 2.26. The topological polar surface area (TPSA) is 91.1 Å². The molecule has 4 heterocycles. The maximum absolute atomic E-state index is 14.2. The number of nitrogens with zero attached hydrogens (tertiary/aromatic N) is 6. The SMILES string of the molecule is CC(=O)N1CCN(c2nc3ccc(C)cc3cc2CN(CCC2=CCCCC2)C(=O)c2cnc3ccccn3c2=O)CC1. The lowest BCUT2D eigenvalue weighted by Crippen LogP contribution is -2.48. The number of piperazine rings is 1. The van der Waals surface area contributed by atoms with Crippen LogP contribution < -0.4 is 10.5 Å². The zero-order valence-corrected chi connectivity index (χ0v) is 25.0. The Morgan fingerprint density at radius 1 is 1.02 bits per heavy atom. The van der Waals surface area contributed by atoms with Crippen LogP contribution in [0, 0.1) is 6.92 Å². The van der Waals surface area contributed by atoms with E-state index in [1.807, 2.05) is 17.0 Å². The second-order valence-corrected chi connectivity index (χ2v) is 11.7. The van der Waals surface area contributed by atoms with Crippen molar-refractivity contribution < 1.29 is 9.59 Å². The number of pyridine rings is 2. The molecule has 0 spiro atoms. The summed E-state index contributed by atoms with van der Waals surface area (Å²) in [6, 6.07) is 13.7. The minimum Gasteiger partial charge on any atom is -0.353 e. The molecule has 43 heavy (non-hydrogen) atoms. The first-order valence-corrected chi connectivity index (χ1v) is 15.2. The number of carbonyl (C=O) groups is 2. The summed E-state index contributed by atoms with van der Waals surface area (Å²) in [5.74, 6) is 0.567. The van der Waals surface area contributed by atoms with E-state index in [-0.39, 0.29) is 22.9 Å². The lowest BCUT2D eigenvalue weighted by molar-refractivity contribution is -0.129. The Hall–Kier alpha value is -4.53. The van der Waals surface area contributed by atoms with E-state index in [1.165, 1.54) is 29.0 Å². The number of aromatic nitrogens is 3. The number of allylic oxidation sites excluding steroid dienone is 1. The first-order chi connectivity index (χ1) is 20.9. The van der Waals surface area contributed by atoms with Gasteiger partial charge in [0, 0.05) is 69.5 Å². The zero-order chi connectivity index (χ0) is 29.9. The average Bonchev–Trinajstić information content (AvgIpc) is 3.03. The maximum atomic E-state index is 14.2. The first-order valence-electron chi connectivity index (χ1n) is 15.2. The molecule has 3 aromatic heterocycles.